The number of ether oxygens (including phenoxy) is 1. The van der Waals surface area contributed by atoms with Crippen LogP contribution in [0.1, 0.15) is 64.2 Å². The Morgan fingerprint density at radius 3 is 2.11 bits per heavy atom. The Hall–Kier alpha value is -0.840. The Morgan fingerprint density at radius 2 is 1.52 bits per heavy atom. The van der Waals surface area contributed by atoms with Gasteiger partial charge in [-0.25, -0.2) is 4.39 Å². The van der Waals surface area contributed by atoms with Crippen LogP contribution in [-0.2, 0) is 9.78 Å². The summed E-state index contributed by atoms with van der Waals surface area (Å²) in [5.41, 5.74) is 0. The number of halogens is 2. The first-order valence-corrected chi connectivity index (χ1v) is 10.9. The van der Waals surface area contributed by atoms with Gasteiger partial charge in [-0.2, -0.15) is 9.78 Å². The van der Waals surface area contributed by atoms with Gasteiger partial charge in [0.1, 0.15) is 11.6 Å². The van der Waals surface area contributed by atoms with Crippen molar-refractivity contribution in [1.29, 1.82) is 0 Å². The van der Waals surface area contributed by atoms with Crippen LogP contribution in [0.4, 0.5) is 4.39 Å². The Labute approximate surface area is 166 Å². The van der Waals surface area contributed by atoms with E-state index in [1.807, 2.05) is 0 Å². The number of hydrogen-bond donors (Lipinski definition) is 0. The summed E-state index contributed by atoms with van der Waals surface area (Å²) in [5.74, 6) is 3.59. The van der Waals surface area contributed by atoms with Crippen LogP contribution in [0.2, 0.25) is 5.02 Å². The predicted octanol–water partition coefficient (Wildman–Crippen LogP) is 6.54. The van der Waals surface area contributed by atoms with Crippen LogP contribution >= 0.6 is 11.6 Å². The van der Waals surface area contributed by atoms with Gasteiger partial charge in [0.15, 0.2) is 0 Å². The molecular weight excluding hydrogens is 367 g/mol. The molecule has 0 radical (unpaired) electrons. The van der Waals surface area contributed by atoms with Gasteiger partial charge in [-0.05, 0) is 80.8 Å². The second kappa shape index (κ2) is 9.11. The van der Waals surface area contributed by atoms with E-state index in [1.165, 1.54) is 63.9 Å². The minimum Gasteiger partial charge on any atom is -0.493 e. The van der Waals surface area contributed by atoms with Crippen molar-refractivity contribution < 1.29 is 18.9 Å². The zero-order valence-corrected chi connectivity index (χ0v) is 16.6. The van der Waals surface area contributed by atoms with E-state index in [1.54, 1.807) is 12.1 Å². The molecule has 4 rings (SSSR count). The maximum absolute atomic E-state index is 13.2. The van der Waals surface area contributed by atoms with Crippen molar-refractivity contribution in [1.82, 2.24) is 0 Å². The first-order valence-electron chi connectivity index (χ1n) is 10.6. The summed E-state index contributed by atoms with van der Waals surface area (Å²) in [6.07, 6.45) is 13.1. The fourth-order valence-corrected chi connectivity index (χ4v) is 5.23. The average molecular weight is 397 g/mol. The Balaban J connectivity index is 1.14. The molecule has 150 valence electrons. The summed E-state index contributed by atoms with van der Waals surface area (Å²) in [4.78, 5) is 9.70. The minimum atomic E-state index is -0.395. The highest BCUT2D eigenvalue weighted by Crippen LogP contribution is 2.42. The third kappa shape index (κ3) is 5.58. The Kier molecular flexibility index (Phi) is 6.57. The van der Waals surface area contributed by atoms with Crippen LogP contribution in [0.5, 0.6) is 5.75 Å². The van der Waals surface area contributed by atoms with E-state index in [4.69, 9.17) is 26.1 Å². The highest BCUT2D eigenvalue weighted by atomic mass is 35.5. The number of rotatable bonds is 7. The van der Waals surface area contributed by atoms with Crippen LogP contribution in [-0.4, -0.2) is 12.9 Å². The predicted molar refractivity (Wildman–Crippen MR) is 103 cm³/mol. The van der Waals surface area contributed by atoms with E-state index in [-0.39, 0.29) is 11.3 Å². The van der Waals surface area contributed by atoms with Gasteiger partial charge in [-0.1, -0.05) is 24.4 Å². The van der Waals surface area contributed by atoms with Crippen molar-refractivity contribution in [3.63, 3.8) is 0 Å². The van der Waals surface area contributed by atoms with Crippen molar-refractivity contribution in [3.05, 3.63) is 29.0 Å². The molecule has 27 heavy (non-hydrogen) atoms. The van der Waals surface area contributed by atoms with Gasteiger partial charge >= 0.3 is 0 Å². The summed E-state index contributed by atoms with van der Waals surface area (Å²) in [6.45, 7) is 0.715. The molecule has 3 aliphatic rings. The summed E-state index contributed by atoms with van der Waals surface area (Å²) in [7, 11) is 0. The quantitative estimate of drug-likeness (QED) is 0.387. The molecule has 0 unspecified atom stereocenters. The van der Waals surface area contributed by atoms with Gasteiger partial charge in [-0.3, -0.25) is 0 Å². The summed E-state index contributed by atoms with van der Waals surface area (Å²) < 4.78 is 19.1. The molecule has 1 heterocycles. The fourth-order valence-electron chi connectivity index (χ4n) is 5.06. The lowest BCUT2D eigenvalue weighted by atomic mass is 9.69. The molecule has 3 nitrogen and oxygen atoms in total. The maximum atomic E-state index is 13.2. The molecule has 1 saturated heterocycles. The Morgan fingerprint density at radius 1 is 0.889 bits per heavy atom. The lowest BCUT2D eigenvalue weighted by Crippen LogP contribution is -2.27. The van der Waals surface area contributed by atoms with E-state index >= 15 is 0 Å². The van der Waals surface area contributed by atoms with E-state index in [2.05, 4.69) is 0 Å². The molecule has 2 saturated carbocycles. The smallest absolute Gasteiger partial charge is 0.224 e. The monoisotopic (exact) mass is 396 g/mol. The summed E-state index contributed by atoms with van der Waals surface area (Å²) in [5, 5.41) is 0.129. The number of hydrogen-bond acceptors (Lipinski definition) is 3. The molecule has 0 aromatic heterocycles. The molecule has 3 fully saturated rings. The number of benzene rings is 1. The zero-order chi connectivity index (χ0) is 18.6. The molecule has 1 aliphatic heterocycles. The van der Waals surface area contributed by atoms with Gasteiger partial charge in [0.25, 0.3) is 0 Å². The van der Waals surface area contributed by atoms with Gasteiger partial charge in [-0.15, -0.1) is 0 Å². The second-order valence-corrected chi connectivity index (χ2v) is 9.06. The molecule has 5 heteroatoms. The standard InChI is InChI=1S/C22H30ClFO3/c23-20-13-19(10-11-21(20)24)25-14-16-3-8-18(9-4-16)17-6-1-15(2-7-17)5-12-22-26-27-22/h10-11,13,15-18,22H,1-9,12,14H2. The molecule has 2 aliphatic carbocycles. The Bertz CT molecular complexity index is 606. The van der Waals surface area contributed by atoms with Crippen LogP contribution in [0.25, 0.3) is 0 Å². The van der Waals surface area contributed by atoms with Crippen LogP contribution in [0.15, 0.2) is 18.2 Å². The van der Waals surface area contributed by atoms with Gasteiger partial charge in [0, 0.05) is 12.5 Å². The lowest BCUT2D eigenvalue weighted by molar-refractivity contribution is 0.0850. The van der Waals surface area contributed by atoms with E-state index in [9.17, 15) is 4.39 Å². The average Bonchev–Trinajstić information content (AvgIpc) is 3.53. The van der Waals surface area contributed by atoms with Gasteiger partial charge in [0.2, 0.25) is 6.29 Å². The second-order valence-electron chi connectivity index (χ2n) is 8.65. The molecule has 0 spiro atoms. The molecule has 1 aromatic carbocycles. The minimum absolute atomic E-state index is 0.103. The van der Waals surface area contributed by atoms with Gasteiger partial charge < -0.3 is 4.74 Å². The highest BCUT2D eigenvalue weighted by Gasteiger charge is 2.32. The van der Waals surface area contributed by atoms with Crippen LogP contribution in [0, 0.1) is 29.5 Å². The van der Waals surface area contributed by atoms with Crippen LogP contribution in [0.3, 0.4) is 0 Å². The van der Waals surface area contributed by atoms with E-state index in [0.717, 1.165) is 24.2 Å². The third-order valence-electron chi connectivity index (χ3n) is 6.87. The van der Waals surface area contributed by atoms with E-state index < -0.39 is 5.82 Å². The van der Waals surface area contributed by atoms with Crippen molar-refractivity contribution >= 4 is 11.6 Å². The topological polar surface area (TPSA) is 34.3 Å². The molecular formula is C22H30ClFO3. The molecule has 0 atom stereocenters. The van der Waals surface area contributed by atoms with Crippen molar-refractivity contribution in [2.75, 3.05) is 6.61 Å². The lowest BCUT2D eigenvalue weighted by Gasteiger charge is -2.37. The SMILES string of the molecule is Fc1ccc(OCC2CCC(C3CCC(CCC4OO4)CC3)CC2)cc1Cl. The first-order chi connectivity index (χ1) is 13.2. The third-order valence-corrected chi connectivity index (χ3v) is 7.16. The fraction of sp³-hybridized carbons (Fsp3) is 0.727. The largest absolute Gasteiger partial charge is 0.493 e. The maximum Gasteiger partial charge on any atom is 0.224 e. The van der Waals surface area contributed by atoms with Crippen molar-refractivity contribution in [3.8, 4) is 5.75 Å². The molecule has 1 aromatic rings. The van der Waals surface area contributed by atoms with E-state index in [0.29, 0.717) is 18.3 Å². The van der Waals surface area contributed by atoms with Crippen LogP contribution < -0.4 is 4.74 Å². The van der Waals surface area contributed by atoms with Gasteiger partial charge in [0.05, 0.1) is 11.6 Å². The zero-order valence-electron chi connectivity index (χ0n) is 15.9. The highest BCUT2D eigenvalue weighted by molar-refractivity contribution is 6.30. The molecule has 0 N–H and O–H groups in total. The summed E-state index contributed by atoms with van der Waals surface area (Å²) >= 11 is 5.82. The summed E-state index contributed by atoms with van der Waals surface area (Å²) in [6, 6.07) is 4.60. The molecule has 0 bridgehead atoms. The van der Waals surface area contributed by atoms with Crippen molar-refractivity contribution in [2.45, 2.75) is 70.5 Å². The first kappa shape index (κ1) is 19.5. The molecule has 0 amide bonds. The normalized spacial score (nSPS) is 31.6. The van der Waals surface area contributed by atoms with Crippen molar-refractivity contribution in [2.24, 2.45) is 23.7 Å².